The number of fused-ring (bicyclic) bond motifs is 4. The third-order valence-corrected chi connectivity index (χ3v) is 6.11. The van der Waals surface area contributed by atoms with Crippen LogP contribution in [0.3, 0.4) is 0 Å². The van der Waals surface area contributed by atoms with E-state index in [1.807, 2.05) is 35.1 Å². The molecule has 1 N–H and O–H groups in total. The van der Waals surface area contributed by atoms with Crippen LogP contribution in [-0.4, -0.2) is 56.5 Å². The molecule has 3 aliphatic rings. The van der Waals surface area contributed by atoms with Gasteiger partial charge in [-0.3, -0.25) is 14.3 Å². The van der Waals surface area contributed by atoms with Crippen molar-refractivity contribution in [2.24, 2.45) is 5.92 Å². The lowest BCUT2D eigenvalue weighted by Gasteiger charge is -2.50. The van der Waals surface area contributed by atoms with E-state index >= 15 is 0 Å². The Kier molecular flexibility index (Phi) is 3.97. The molecule has 140 valence electrons. The molecule has 0 radical (unpaired) electrons. The smallest absolute Gasteiger partial charge is 0.145 e. The molecule has 2 bridgehead atoms. The van der Waals surface area contributed by atoms with Gasteiger partial charge in [0.2, 0.25) is 0 Å². The molecular formula is C20H24N6O. The first-order valence-electron chi connectivity index (χ1n) is 9.57. The van der Waals surface area contributed by atoms with Crippen LogP contribution < -0.4 is 10.1 Å². The average Bonchev–Trinajstić information content (AvgIpc) is 3.14. The van der Waals surface area contributed by atoms with Crippen molar-refractivity contribution in [3.05, 3.63) is 36.9 Å². The van der Waals surface area contributed by atoms with Gasteiger partial charge in [0.05, 0.1) is 31.4 Å². The van der Waals surface area contributed by atoms with Crippen LogP contribution in [-0.2, 0) is 0 Å². The van der Waals surface area contributed by atoms with E-state index in [1.165, 1.54) is 25.9 Å². The molecule has 0 spiro atoms. The molecule has 0 saturated carbocycles. The summed E-state index contributed by atoms with van der Waals surface area (Å²) in [6, 6.07) is 4.80. The standard InChI is InChI=1S/C20H24N6O/c1-13-20(14-3-6-25(13)7-4-14)24-18-12-21-10-16(23-18)17-11-22-19-9-15(27-2)5-8-26(17)19/h5,8-14,20H,3-4,6-7H2,1-2H3,(H,23,24). The van der Waals surface area contributed by atoms with Crippen LogP contribution in [0.2, 0.25) is 0 Å². The molecule has 3 aliphatic heterocycles. The number of pyridine rings is 1. The summed E-state index contributed by atoms with van der Waals surface area (Å²) >= 11 is 0. The Bertz CT molecular complexity index is 960. The lowest BCUT2D eigenvalue weighted by Crippen LogP contribution is -2.59. The molecule has 3 saturated heterocycles. The SMILES string of the molecule is COc1ccn2c(-c3cncc(NC4C5CCN(CC5)C4C)n3)cnc2c1. The zero-order valence-corrected chi connectivity index (χ0v) is 15.7. The number of nitrogens with zero attached hydrogens (tertiary/aromatic N) is 5. The summed E-state index contributed by atoms with van der Waals surface area (Å²) < 4.78 is 7.29. The summed E-state index contributed by atoms with van der Waals surface area (Å²) in [7, 11) is 1.66. The topological polar surface area (TPSA) is 67.6 Å². The Morgan fingerprint density at radius 1 is 1.19 bits per heavy atom. The van der Waals surface area contributed by atoms with E-state index in [2.05, 4.69) is 27.1 Å². The molecule has 6 rings (SSSR count). The second-order valence-electron chi connectivity index (χ2n) is 7.51. The fourth-order valence-electron chi connectivity index (χ4n) is 4.55. The Labute approximate surface area is 158 Å². The highest BCUT2D eigenvalue weighted by atomic mass is 16.5. The number of ether oxygens (including phenoxy) is 1. The Morgan fingerprint density at radius 3 is 2.81 bits per heavy atom. The number of hydrogen-bond donors (Lipinski definition) is 1. The molecule has 0 aromatic carbocycles. The first-order valence-corrected chi connectivity index (χ1v) is 9.57. The van der Waals surface area contributed by atoms with E-state index in [0.717, 1.165) is 34.5 Å². The van der Waals surface area contributed by atoms with Crippen LogP contribution in [0.4, 0.5) is 5.82 Å². The van der Waals surface area contributed by atoms with Crippen molar-refractivity contribution in [2.75, 3.05) is 25.5 Å². The van der Waals surface area contributed by atoms with Crippen molar-refractivity contribution in [1.29, 1.82) is 0 Å². The van der Waals surface area contributed by atoms with Crippen molar-refractivity contribution >= 4 is 11.5 Å². The molecule has 0 aliphatic carbocycles. The van der Waals surface area contributed by atoms with Gasteiger partial charge in [0, 0.05) is 24.3 Å². The lowest BCUT2D eigenvalue weighted by molar-refractivity contribution is 0.0457. The van der Waals surface area contributed by atoms with E-state index in [0.29, 0.717) is 12.1 Å². The van der Waals surface area contributed by atoms with Gasteiger partial charge in [-0.05, 0) is 44.8 Å². The number of hydrogen-bond acceptors (Lipinski definition) is 6. The summed E-state index contributed by atoms with van der Waals surface area (Å²) in [6.07, 6.45) is 9.93. The second kappa shape index (κ2) is 6.49. The first kappa shape index (κ1) is 16.5. The number of aromatic nitrogens is 4. The van der Waals surface area contributed by atoms with Crippen LogP contribution in [0.15, 0.2) is 36.9 Å². The number of imidazole rings is 1. The van der Waals surface area contributed by atoms with Crippen molar-refractivity contribution in [3.63, 3.8) is 0 Å². The quantitative estimate of drug-likeness (QED) is 0.768. The van der Waals surface area contributed by atoms with Gasteiger partial charge in [-0.25, -0.2) is 9.97 Å². The molecule has 2 atom stereocenters. The number of anilines is 1. The van der Waals surface area contributed by atoms with Gasteiger partial charge in [0.1, 0.15) is 22.9 Å². The first-order chi connectivity index (χ1) is 13.2. The zero-order valence-electron chi connectivity index (χ0n) is 15.7. The molecule has 3 aromatic heterocycles. The summed E-state index contributed by atoms with van der Waals surface area (Å²) in [6.45, 7) is 4.76. The normalized spacial score (nSPS) is 27.0. The lowest BCUT2D eigenvalue weighted by atomic mass is 9.79. The van der Waals surface area contributed by atoms with E-state index in [9.17, 15) is 0 Å². The van der Waals surface area contributed by atoms with Gasteiger partial charge in [-0.2, -0.15) is 0 Å². The van der Waals surface area contributed by atoms with Crippen LogP contribution in [0, 0.1) is 5.92 Å². The number of methoxy groups -OCH3 is 1. The molecule has 7 heteroatoms. The van der Waals surface area contributed by atoms with Gasteiger partial charge in [-0.15, -0.1) is 0 Å². The largest absolute Gasteiger partial charge is 0.497 e. The predicted molar refractivity (Wildman–Crippen MR) is 104 cm³/mol. The monoisotopic (exact) mass is 364 g/mol. The molecule has 3 fully saturated rings. The highest BCUT2D eigenvalue weighted by Gasteiger charge is 2.39. The van der Waals surface area contributed by atoms with E-state index in [4.69, 9.17) is 9.72 Å². The van der Waals surface area contributed by atoms with E-state index < -0.39 is 0 Å². The highest BCUT2D eigenvalue weighted by molar-refractivity contribution is 5.61. The molecule has 7 nitrogen and oxygen atoms in total. The van der Waals surface area contributed by atoms with Gasteiger partial charge in [-0.1, -0.05) is 0 Å². The third kappa shape index (κ3) is 2.82. The van der Waals surface area contributed by atoms with Crippen molar-refractivity contribution in [1.82, 2.24) is 24.3 Å². The Hall–Kier alpha value is -2.67. The van der Waals surface area contributed by atoms with Gasteiger partial charge in [0.25, 0.3) is 0 Å². The van der Waals surface area contributed by atoms with Crippen LogP contribution >= 0.6 is 0 Å². The molecule has 27 heavy (non-hydrogen) atoms. The number of nitrogens with one attached hydrogen (secondary N) is 1. The molecular weight excluding hydrogens is 340 g/mol. The number of rotatable bonds is 4. The Morgan fingerprint density at radius 2 is 2.04 bits per heavy atom. The predicted octanol–water partition coefficient (Wildman–Crippen LogP) is 2.69. The van der Waals surface area contributed by atoms with E-state index in [1.54, 1.807) is 13.3 Å². The average molecular weight is 364 g/mol. The molecule has 3 aromatic rings. The van der Waals surface area contributed by atoms with Crippen LogP contribution in [0.1, 0.15) is 19.8 Å². The summed E-state index contributed by atoms with van der Waals surface area (Å²) in [5.41, 5.74) is 2.56. The van der Waals surface area contributed by atoms with Crippen LogP contribution in [0.25, 0.3) is 17.0 Å². The maximum absolute atomic E-state index is 5.28. The van der Waals surface area contributed by atoms with Gasteiger partial charge < -0.3 is 10.1 Å². The fraction of sp³-hybridized carbons (Fsp3) is 0.450. The van der Waals surface area contributed by atoms with E-state index in [-0.39, 0.29) is 0 Å². The minimum absolute atomic E-state index is 0.434. The zero-order chi connectivity index (χ0) is 18.4. The maximum atomic E-state index is 5.28. The minimum atomic E-state index is 0.434. The summed E-state index contributed by atoms with van der Waals surface area (Å²) in [5.74, 6) is 2.35. The molecule has 2 unspecified atom stereocenters. The van der Waals surface area contributed by atoms with Crippen LogP contribution in [0.5, 0.6) is 5.75 Å². The van der Waals surface area contributed by atoms with Crippen molar-refractivity contribution in [2.45, 2.75) is 31.8 Å². The minimum Gasteiger partial charge on any atom is -0.497 e. The summed E-state index contributed by atoms with van der Waals surface area (Å²) in [4.78, 5) is 16.3. The second-order valence-corrected chi connectivity index (χ2v) is 7.51. The Balaban J connectivity index is 1.44. The van der Waals surface area contributed by atoms with Crippen molar-refractivity contribution in [3.8, 4) is 17.1 Å². The summed E-state index contributed by atoms with van der Waals surface area (Å²) in [5, 5.41) is 3.67. The highest BCUT2D eigenvalue weighted by Crippen LogP contribution is 2.34. The third-order valence-electron chi connectivity index (χ3n) is 6.11. The number of piperidine rings is 3. The fourth-order valence-corrected chi connectivity index (χ4v) is 4.55. The molecule has 0 amide bonds. The van der Waals surface area contributed by atoms with Crippen molar-refractivity contribution < 1.29 is 4.74 Å². The maximum Gasteiger partial charge on any atom is 0.145 e. The molecule has 6 heterocycles. The van der Waals surface area contributed by atoms with Gasteiger partial charge in [0.15, 0.2) is 0 Å². The van der Waals surface area contributed by atoms with Gasteiger partial charge >= 0.3 is 0 Å².